The summed E-state index contributed by atoms with van der Waals surface area (Å²) in [6.07, 6.45) is 0. The fraction of sp³-hybridized carbons (Fsp3) is 0.294. The molecule has 10 heteroatoms. The van der Waals surface area contributed by atoms with Crippen LogP contribution in [0, 0.1) is 13.8 Å². The predicted molar refractivity (Wildman–Crippen MR) is 96.5 cm³/mol. The number of carbonyl (C=O) groups is 3. The van der Waals surface area contributed by atoms with Gasteiger partial charge in [0.25, 0.3) is 5.91 Å². The molecule has 3 amide bonds. The van der Waals surface area contributed by atoms with Gasteiger partial charge in [0.2, 0.25) is 0 Å². The largest absolute Gasteiger partial charge is 0.486 e. The molecule has 0 aliphatic carbocycles. The number of thiazole rings is 1. The van der Waals surface area contributed by atoms with Gasteiger partial charge in [-0.1, -0.05) is 0 Å². The molecule has 0 spiro atoms. The van der Waals surface area contributed by atoms with Crippen molar-refractivity contribution in [3.05, 3.63) is 33.8 Å². The highest BCUT2D eigenvalue weighted by molar-refractivity contribution is 7.13. The SMILES string of the molecule is Cc1nc(C)c(C(=O)OCC(=O)NC(=O)Nc2ccc3c(c2)OCCO3)s1. The van der Waals surface area contributed by atoms with Gasteiger partial charge in [-0.2, -0.15) is 0 Å². The molecule has 1 aromatic carbocycles. The molecule has 142 valence electrons. The fourth-order valence-corrected chi connectivity index (χ4v) is 3.18. The van der Waals surface area contributed by atoms with Crippen LogP contribution >= 0.6 is 11.3 Å². The Balaban J connectivity index is 1.48. The van der Waals surface area contributed by atoms with Crippen molar-refractivity contribution in [3.8, 4) is 11.5 Å². The number of hydrogen-bond donors (Lipinski definition) is 2. The highest BCUT2D eigenvalue weighted by Gasteiger charge is 2.18. The molecule has 0 saturated carbocycles. The van der Waals surface area contributed by atoms with Crippen molar-refractivity contribution < 1.29 is 28.6 Å². The van der Waals surface area contributed by atoms with E-state index in [1.807, 2.05) is 0 Å². The lowest BCUT2D eigenvalue weighted by Crippen LogP contribution is -2.37. The van der Waals surface area contributed by atoms with Crippen LogP contribution in [-0.4, -0.2) is 42.7 Å². The van der Waals surface area contributed by atoms with Crippen LogP contribution in [0.2, 0.25) is 0 Å². The van der Waals surface area contributed by atoms with Crippen LogP contribution in [0.15, 0.2) is 18.2 Å². The maximum atomic E-state index is 11.9. The first-order chi connectivity index (χ1) is 12.9. The number of nitrogens with one attached hydrogen (secondary N) is 2. The Hall–Kier alpha value is -3.14. The first-order valence-electron chi connectivity index (χ1n) is 8.04. The zero-order chi connectivity index (χ0) is 19.4. The zero-order valence-corrected chi connectivity index (χ0v) is 15.5. The second-order valence-electron chi connectivity index (χ2n) is 5.58. The number of aryl methyl sites for hydroxylation is 2. The van der Waals surface area contributed by atoms with Gasteiger partial charge < -0.3 is 19.5 Å². The Morgan fingerprint density at radius 2 is 1.93 bits per heavy atom. The van der Waals surface area contributed by atoms with E-state index in [2.05, 4.69) is 15.6 Å². The van der Waals surface area contributed by atoms with Gasteiger partial charge in [0, 0.05) is 11.8 Å². The van der Waals surface area contributed by atoms with E-state index in [1.54, 1.807) is 32.0 Å². The average molecular weight is 391 g/mol. The maximum absolute atomic E-state index is 11.9. The lowest BCUT2D eigenvalue weighted by molar-refractivity contribution is -0.123. The van der Waals surface area contributed by atoms with Crippen molar-refractivity contribution in [2.45, 2.75) is 13.8 Å². The van der Waals surface area contributed by atoms with Gasteiger partial charge in [-0.25, -0.2) is 14.6 Å². The molecule has 0 unspecified atom stereocenters. The predicted octanol–water partition coefficient (Wildman–Crippen LogP) is 2.04. The minimum absolute atomic E-state index is 0.334. The van der Waals surface area contributed by atoms with Gasteiger partial charge in [-0.15, -0.1) is 11.3 Å². The van der Waals surface area contributed by atoms with E-state index < -0.39 is 24.5 Å². The molecule has 2 heterocycles. The standard InChI is InChI=1S/C17H17N3O6S/c1-9-15(27-10(2)18-9)16(22)26-8-14(21)20-17(23)19-11-3-4-12-13(7-11)25-6-5-24-12/h3-4,7H,5-6,8H2,1-2H3,(H2,19,20,21,23). The Kier molecular flexibility index (Phi) is 5.55. The smallest absolute Gasteiger partial charge is 0.350 e. The zero-order valence-electron chi connectivity index (χ0n) is 14.7. The summed E-state index contributed by atoms with van der Waals surface area (Å²) in [5, 5.41) is 5.31. The molecule has 0 saturated heterocycles. The summed E-state index contributed by atoms with van der Waals surface area (Å²) in [6.45, 7) is 3.76. The van der Waals surface area contributed by atoms with Crippen LogP contribution in [0.25, 0.3) is 0 Å². The minimum atomic E-state index is -0.753. The van der Waals surface area contributed by atoms with Gasteiger partial charge in [0.15, 0.2) is 18.1 Å². The van der Waals surface area contributed by atoms with E-state index in [0.717, 1.165) is 5.01 Å². The van der Waals surface area contributed by atoms with E-state index >= 15 is 0 Å². The molecule has 0 fully saturated rings. The fourth-order valence-electron chi connectivity index (χ4n) is 2.36. The normalized spacial score (nSPS) is 12.2. The average Bonchev–Trinajstić information content (AvgIpc) is 2.97. The lowest BCUT2D eigenvalue weighted by Gasteiger charge is -2.19. The molecule has 0 bridgehead atoms. The second kappa shape index (κ2) is 8.04. The van der Waals surface area contributed by atoms with Crippen LogP contribution in [0.4, 0.5) is 10.5 Å². The number of amides is 3. The molecule has 9 nitrogen and oxygen atoms in total. The van der Waals surface area contributed by atoms with Gasteiger partial charge in [0.1, 0.15) is 18.1 Å². The number of urea groups is 1. The molecule has 1 aromatic heterocycles. The number of ether oxygens (including phenoxy) is 3. The van der Waals surface area contributed by atoms with Crippen LogP contribution < -0.4 is 20.1 Å². The third kappa shape index (κ3) is 4.73. The first-order valence-corrected chi connectivity index (χ1v) is 8.85. The van der Waals surface area contributed by atoms with Gasteiger partial charge in [-0.05, 0) is 26.0 Å². The van der Waals surface area contributed by atoms with E-state index in [-0.39, 0.29) is 0 Å². The lowest BCUT2D eigenvalue weighted by atomic mass is 10.2. The molecule has 0 radical (unpaired) electrons. The van der Waals surface area contributed by atoms with Crippen molar-refractivity contribution in [1.82, 2.24) is 10.3 Å². The second-order valence-corrected chi connectivity index (χ2v) is 6.79. The number of carbonyl (C=O) groups excluding carboxylic acids is 3. The number of rotatable bonds is 4. The molecule has 27 heavy (non-hydrogen) atoms. The Labute approximate surface area is 158 Å². The summed E-state index contributed by atoms with van der Waals surface area (Å²) in [4.78, 5) is 40.1. The molecule has 2 N–H and O–H groups in total. The summed E-state index contributed by atoms with van der Waals surface area (Å²) < 4.78 is 15.7. The summed E-state index contributed by atoms with van der Waals surface area (Å²) in [7, 11) is 0. The summed E-state index contributed by atoms with van der Waals surface area (Å²) >= 11 is 1.18. The minimum Gasteiger partial charge on any atom is -0.486 e. The highest BCUT2D eigenvalue weighted by atomic mass is 32.1. The number of esters is 1. The molecular formula is C17H17N3O6S. The quantitative estimate of drug-likeness (QED) is 0.766. The third-order valence-electron chi connectivity index (χ3n) is 3.48. The number of nitrogens with zero attached hydrogens (tertiary/aromatic N) is 1. The van der Waals surface area contributed by atoms with Crippen molar-refractivity contribution in [3.63, 3.8) is 0 Å². The molecule has 1 aliphatic heterocycles. The highest BCUT2D eigenvalue weighted by Crippen LogP contribution is 2.32. The molecule has 3 rings (SSSR count). The van der Waals surface area contributed by atoms with Gasteiger partial charge >= 0.3 is 12.0 Å². The van der Waals surface area contributed by atoms with Crippen LogP contribution in [0.3, 0.4) is 0 Å². The molecular weight excluding hydrogens is 374 g/mol. The molecule has 0 atom stereocenters. The monoisotopic (exact) mass is 391 g/mol. The number of hydrogen-bond acceptors (Lipinski definition) is 8. The van der Waals surface area contributed by atoms with Crippen molar-refractivity contribution in [2.75, 3.05) is 25.1 Å². The molecule has 1 aliphatic rings. The summed E-state index contributed by atoms with van der Waals surface area (Å²) in [6, 6.07) is 4.12. The van der Waals surface area contributed by atoms with Crippen molar-refractivity contribution >= 4 is 34.9 Å². The topological polar surface area (TPSA) is 116 Å². The van der Waals surface area contributed by atoms with E-state index in [0.29, 0.717) is 41.0 Å². The number of benzene rings is 1. The van der Waals surface area contributed by atoms with Crippen LogP contribution in [-0.2, 0) is 9.53 Å². The van der Waals surface area contributed by atoms with E-state index in [1.165, 1.54) is 11.3 Å². The number of imide groups is 1. The summed E-state index contributed by atoms with van der Waals surface area (Å²) in [5.74, 6) is -0.309. The molecule has 2 aromatic rings. The Morgan fingerprint density at radius 1 is 1.19 bits per heavy atom. The maximum Gasteiger partial charge on any atom is 0.350 e. The van der Waals surface area contributed by atoms with Gasteiger partial charge in [-0.3, -0.25) is 10.1 Å². The third-order valence-corrected chi connectivity index (χ3v) is 4.53. The first kappa shape index (κ1) is 18.6. The number of fused-ring (bicyclic) bond motifs is 1. The number of anilines is 1. The Bertz CT molecular complexity index is 895. The summed E-state index contributed by atoms with van der Waals surface area (Å²) in [5.41, 5.74) is 0.969. The van der Waals surface area contributed by atoms with E-state index in [4.69, 9.17) is 14.2 Å². The Morgan fingerprint density at radius 3 is 2.63 bits per heavy atom. The van der Waals surface area contributed by atoms with Crippen LogP contribution in [0.1, 0.15) is 20.4 Å². The number of aromatic nitrogens is 1. The van der Waals surface area contributed by atoms with Crippen molar-refractivity contribution in [1.29, 1.82) is 0 Å². The van der Waals surface area contributed by atoms with Crippen molar-refractivity contribution in [2.24, 2.45) is 0 Å². The van der Waals surface area contributed by atoms with Gasteiger partial charge in [0.05, 0.1) is 10.7 Å². The van der Waals surface area contributed by atoms with Crippen LogP contribution in [0.5, 0.6) is 11.5 Å². The van der Waals surface area contributed by atoms with E-state index in [9.17, 15) is 14.4 Å².